The molecule has 27 heavy (non-hydrogen) atoms. The lowest BCUT2D eigenvalue weighted by Gasteiger charge is -2.39. The number of fused-ring (bicyclic) bond motifs is 1. The molecule has 1 fully saturated rings. The number of nitrogens with one attached hydrogen (secondary N) is 2. The molecular weight excluding hydrogens is 411 g/mol. The predicted octanol–water partition coefficient (Wildman–Crippen LogP) is 3.15. The zero-order chi connectivity index (χ0) is 17.9. The third-order valence-electron chi connectivity index (χ3n) is 4.74. The maximum Gasteiger partial charge on any atom is 0.159 e. The van der Waals surface area contributed by atoms with Crippen molar-refractivity contribution in [2.24, 2.45) is 0 Å². The number of anilines is 1. The molecule has 1 saturated heterocycles. The average Bonchev–Trinajstić information content (AvgIpc) is 2.69. The number of rotatable bonds is 4. The zero-order valence-corrected chi connectivity index (χ0v) is 16.7. The van der Waals surface area contributed by atoms with E-state index in [9.17, 15) is 4.39 Å². The monoisotopic (exact) mass is 432 g/mol. The molecule has 1 aromatic carbocycles. The number of piperazine rings is 1. The van der Waals surface area contributed by atoms with Crippen molar-refractivity contribution in [3.05, 3.63) is 60.6 Å². The highest BCUT2D eigenvalue weighted by Gasteiger charge is 2.30. The van der Waals surface area contributed by atoms with E-state index in [0.717, 1.165) is 36.2 Å². The van der Waals surface area contributed by atoms with E-state index in [1.54, 1.807) is 0 Å². The summed E-state index contributed by atoms with van der Waals surface area (Å²) in [5, 5.41) is 9.13. The molecule has 2 unspecified atom stereocenters. The van der Waals surface area contributed by atoms with Crippen molar-refractivity contribution in [2.75, 3.05) is 25.0 Å². The minimum atomic E-state index is -0.421. The Bertz CT molecular complexity index is 886. The summed E-state index contributed by atoms with van der Waals surface area (Å²) >= 11 is 0. The molecule has 142 valence electrons. The van der Waals surface area contributed by atoms with Crippen molar-refractivity contribution in [1.29, 1.82) is 0 Å². The van der Waals surface area contributed by atoms with Gasteiger partial charge in [-0.3, -0.25) is 4.90 Å². The molecule has 1 aliphatic rings. The van der Waals surface area contributed by atoms with Crippen molar-refractivity contribution in [2.45, 2.75) is 19.1 Å². The fourth-order valence-electron chi connectivity index (χ4n) is 3.43. The van der Waals surface area contributed by atoms with E-state index < -0.39 is 5.82 Å². The van der Waals surface area contributed by atoms with E-state index in [0.29, 0.717) is 5.82 Å². The zero-order valence-electron chi connectivity index (χ0n) is 15.0. The first-order chi connectivity index (χ1) is 12.7. The summed E-state index contributed by atoms with van der Waals surface area (Å²) in [4.78, 5) is 15.2. The summed E-state index contributed by atoms with van der Waals surface area (Å²) in [7, 11) is 0. The first kappa shape index (κ1) is 19.6. The summed E-state index contributed by atoms with van der Waals surface area (Å²) < 4.78 is 13.2. The first-order valence-electron chi connectivity index (χ1n) is 8.76. The molecule has 3 heterocycles. The SMILES string of the molecule is Br.CC(Nc1nccc2ccccc12)N1CCNCC1c1ncc(F)cn1. The number of nitrogens with zero attached hydrogens (tertiary/aromatic N) is 4. The number of hydrogen-bond acceptors (Lipinski definition) is 6. The van der Waals surface area contributed by atoms with Crippen LogP contribution >= 0.6 is 17.0 Å². The lowest BCUT2D eigenvalue weighted by Crippen LogP contribution is -2.52. The number of pyridine rings is 1. The average molecular weight is 433 g/mol. The third-order valence-corrected chi connectivity index (χ3v) is 4.74. The van der Waals surface area contributed by atoms with E-state index in [-0.39, 0.29) is 29.2 Å². The van der Waals surface area contributed by atoms with Crippen LogP contribution in [0.2, 0.25) is 0 Å². The highest BCUT2D eigenvalue weighted by atomic mass is 79.9. The van der Waals surface area contributed by atoms with Gasteiger partial charge in [0.15, 0.2) is 5.82 Å². The van der Waals surface area contributed by atoms with Crippen LogP contribution in [0.1, 0.15) is 18.8 Å². The summed E-state index contributed by atoms with van der Waals surface area (Å²) in [5.41, 5.74) is 0. The van der Waals surface area contributed by atoms with Gasteiger partial charge in [0, 0.05) is 31.2 Å². The molecule has 3 aromatic rings. The molecule has 0 spiro atoms. The fourth-order valence-corrected chi connectivity index (χ4v) is 3.43. The standard InChI is InChI=1S/C19H21FN6.BrH/c1-13(25-18-16-5-3-2-4-14(16)6-7-22-18)26-9-8-21-12-17(26)19-23-10-15(20)11-24-19;/h2-7,10-11,13,17,21H,8-9,12H2,1H3,(H,22,25);1H. The molecule has 0 bridgehead atoms. The molecular formula is C19H22BrFN6. The smallest absolute Gasteiger partial charge is 0.159 e. The van der Waals surface area contributed by atoms with Crippen LogP contribution in [0.15, 0.2) is 48.9 Å². The summed E-state index contributed by atoms with van der Waals surface area (Å²) in [6, 6.07) is 10.2. The van der Waals surface area contributed by atoms with E-state index >= 15 is 0 Å². The van der Waals surface area contributed by atoms with Gasteiger partial charge in [-0.1, -0.05) is 24.3 Å². The first-order valence-corrected chi connectivity index (χ1v) is 8.76. The topological polar surface area (TPSA) is 66.0 Å². The van der Waals surface area contributed by atoms with Crippen LogP contribution in [0.25, 0.3) is 10.8 Å². The highest BCUT2D eigenvalue weighted by molar-refractivity contribution is 8.93. The van der Waals surface area contributed by atoms with Gasteiger partial charge < -0.3 is 10.6 Å². The molecule has 2 N–H and O–H groups in total. The second-order valence-electron chi connectivity index (χ2n) is 6.42. The van der Waals surface area contributed by atoms with Crippen LogP contribution in [0.4, 0.5) is 10.2 Å². The number of benzene rings is 1. The molecule has 8 heteroatoms. The van der Waals surface area contributed by atoms with Gasteiger partial charge in [-0.05, 0) is 18.4 Å². The highest BCUT2D eigenvalue weighted by Crippen LogP contribution is 2.25. The normalized spacial score (nSPS) is 18.7. The van der Waals surface area contributed by atoms with Crippen molar-refractivity contribution in [3.8, 4) is 0 Å². The molecule has 2 atom stereocenters. The number of hydrogen-bond donors (Lipinski definition) is 2. The van der Waals surface area contributed by atoms with Gasteiger partial charge in [0.05, 0.1) is 24.6 Å². The summed E-state index contributed by atoms with van der Waals surface area (Å²) in [6.45, 7) is 4.54. The molecule has 0 saturated carbocycles. The van der Waals surface area contributed by atoms with Gasteiger partial charge in [-0.15, -0.1) is 17.0 Å². The number of halogens is 2. The Morgan fingerprint density at radius 2 is 1.96 bits per heavy atom. The Balaban J connectivity index is 0.00000210. The van der Waals surface area contributed by atoms with Crippen molar-refractivity contribution >= 4 is 33.6 Å². The molecule has 0 radical (unpaired) electrons. The Hall–Kier alpha value is -2.16. The Morgan fingerprint density at radius 3 is 2.78 bits per heavy atom. The maximum atomic E-state index is 13.2. The van der Waals surface area contributed by atoms with Crippen LogP contribution < -0.4 is 10.6 Å². The second-order valence-corrected chi connectivity index (χ2v) is 6.42. The van der Waals surface area contributed by atoms with Crippen LogP contribution in [-0.4, -0.2) is 45.7 Å². The maximum absolute atomic E-state index is 13.2. The van der Waals surface area contributed by atoms with E-state index in [1.165, 1.54) is 12.4 Å². The van der Waals surface area contributed by atoms with Gasteiger partial charge in [0.25, 0.3) is 0 Å². The van der Waals surface area contributed by atoms with Gasteiger partial charge in [0.1, 0.15) is 11.6 Å². The molecule has 0 aliphatic carbocycles. The Kier molecular flexibility index (Phi) is 6.30. The van der Waals surface area contributed by atoms with Crippen molar-refractivity contribution in [3.63, 3.8) is 0 Å². The van der Waals surface area contributed by atoms with Crippen LogP contribution in [-0.2, 0) is 0 Å². The van der Waals surface area contributed by atoms with Gasteiger partial charge >= 0.3 is 0 Å². The molecule has 4 rings (SSSR count). The van der Waals surface area contributed by atoms with Crippen LogP contribution in [0.3, 0.4) is 0 Å². The van der Waals surface area contributed by atoms with Crippen molar-refractivity contribution < 1.29 is 4.39 Å². The number of aromatic nitrogens is 3. The quantitative estimate of drug-likeness (QED) is 0.659. The van der Waals surface area contributed by atoms with E-state index in [2.05, 4.69) is 49.5 Å². The van der Waals surface area contributed by atoms with Gasteiger partial charge in [-0.2, -0.15) is 0 Å². The molecule has 6 nitrogen and oxygen atoms in total. The van der Waals surface area contributed by atoms with Gasteiger partial charge in [-0.25, -0.2) is 19.3 Å². The summed E-state index contributed by atoms with van der Waals surface area (Å²) in [5.74, 6) is 1.06. The minimum absolute atomic E-state index is 0. The molecule has 2 aromatic heterocycles. The summed E-state index contributed by atoms with van der Waals surface area (Å²) in [6.07, 6.45) is 4.28. The lowest BCUT2D eigenvalue weighted by atomic mass is 10.1. The van der Waals surface area contributed by atoms with Crippen molar-refractivity contribution in [1.82, 2.24) is 25.2 Å². The minimum Gasteiger partial charge on any atom is -0.354 e. The fraction of sp³-hybridized carbons (Fsp3) is 0.316. The van der Waals surface area contributed by atoms with Gasteiger partial charge in [0.2, 0.25) is 0 Å². The van der Waals surface area contributed by atoms with Crippen LogP contribution in [0.5, 0.6) is 0 Å². The lowest BCUT2D eigenvalue weighted by molar-refractivity contribution is 0.122. The van der Waals surface area contributed by atoms with E-state index in [4.69, 9.17) is 0 Å². The Morgan fingerprint density at radius 1 is 1.19 bits per heavy atom. The third kappa shape index (κ3) is 4.23. The second kappa shape index (κ2) is 8.69. The van der Waals surface area contributed by atoms with E-state index in [1.807, 2.05) is 24.4 Å². The largest absolute Gasteiger partial charge is 0.354 e. The molecule has 1 aliphatic heterocycles. The molecule has 0 amide bonds. The Labute approximate surface area is 168 Å². The van der Waals surface area contributed by atoms with Crippen LogP contribution in [0, 0.1) is 5.82 Å². The predicted molar refractivity (Wildman–Crippen MR) is 109 cm³/mol.